The summed E-state index contributed by atoms with van der Waals surface area (Å²) in [6, 6.07) is 0. The van der Waals surface area contributed by atoms with Gasteiger partial charge in [-0.1, -0.05) is 19.4 Å². The van der Waals surface area contributed by atoms with Gasteiger partial charge in [-0.2, -0.15) is 6.29 Å². The quantitative estimate of drug-likeness (QED) is 0.224. The summed E-state index contributed by atoms with van der Waals surface area (Å²) in [7, 11) is 0. The van der Waals surface area contributed by atoms with Crippen molar-refractivity contribution in [2.24, 2.45) is 28.6 Å². The van der Waals surface area contributed by atoms with E-state index in [4.69, 9.17) is 9.47 Å². The van der Waals surface area contributed by atoms with Crippen LogP contribution < -0.4 is 58.2 Å². The molecular weight excluding hydrogens is 470 g/mol. The zero-order chi connectivity index (χ0) is 21.1. The molecule has 8 atom stereocenters. The average Bonchev–Trinajstić information content (AvgIpc) is 3.20. The zero-order valence-electron chi connectivity index (χ0n) is 18.5. The van der Waals surface area contributed by atoms with E-state index >= 15 is 0 Å². The van der Waals surface area contributed by atoms with E-state index in [0.717, 1.165) is 37.7 Å². The van der Waals surface area contributed by atoms with Gasteiger partial charge in [-0.05, 0) is 56.4 Å². The van der Waals surface area contributed by atoms with E-state index in [1.54, 1.807) is 12.4 Å². The molecule has 0 bridgehead atoms. The fourth-order valence-corrected chi connectivity index (χ4v) is 8.64. The van der Waals surface area contributed by atoms with Gasteiger partial charge in [-0.15, -0.1) is 0 Å². The molecule has 0 amide bonds. The maximum absolute atomic E-state index is 12.8. The van der Waals surface area contributed by atoms with Crippen LogP contribution in [0.1, 0.15) is 65.2 Å². The molecular formula is C24H27O6Rb. The number of carbonyl (C=O) groups is 3. The van der Waals surface area contributed by atoms with Crippen molar-refractivity contribution < 1.29 is 86.8 Å². The molecule has 7 heteroatoms. The maximum Gasteiger partial charge on any atom is 1.00 e. The minimum absolute atomic E-state index is 0. The number of fused-ring (bicyclic) bond motifs is 4. The van der Waals surface area contributed by atoms with Gasteiger partial charge in [-0.25, -0.2) is 0 Å². The molecule has 0 aromatic carbocycles. The largest absolute Gasteiger partial charge is 1.00 e. The fourth-order valence-electron chi connectivity index (χ4n) is 8.64. The normalized spacial score (nSPS) is 51.5. The number of hydrogen-bond donors (Lipinski definition) is 0. The Bertz CT molecular complexity index is 942. The van der Waals surface area contributed by atoms with Gasteiger partial charge in [0, 0.05) is 35.4 Å². The molecule has 31 heavy (non-hydrogen) atoms. The number of ether oxygens (including phenoxy) is 2. The van der Waals surface area contributed by atoms with Gasteiger partial charge in [-0.3, -0.25) is 9.59 Å². The van der Waals surface area contributed by atoms with E-state index in [1.807, 2.05) is 0 Å². The van der Waals surface area contributed by atoms with Crippen molar-refractivity contribution >= 4 is 23.8 Å². The first kappa shape index (κ1) is 22.8. The number of carbonyl (C=O) groups excluding carboxylic acids is 4. The van der Waals surface area contributed by atoms with Crippen molar-refractivity contribution in [2.75, 3.05) is 0 Å². The Balaban J connectivity index is 0.00000204. The molecule has 0 aromatic rings. The van der Waals surface area contributed by atoms with Gasteiger partial charge in [0.25, 0.3) is 0 Å². The third-order valence-corrected chi connectivity index (χ3v) is 10.1. The summed E-state index contributed by atoms with van der Waals surface area (Å²) < 4.78 is 12.5. The molecule has 2 heterocycles. The Morgan fingerprint density at radius 2 is 1.94 bits per heavy atom. The Labute approximate surface area is 231 Å². The first-order valence-electron chi connectivity index (χ1n) is 11.3. The Kier molecular flexibility index (Phi) is 5.14. The molecule has 4 aliphatic carbocycles. The van der Waals surface area contributed by atoms with E-state index in [0.29, 0.717) is 19.3 Å². The van der Waals surface area contributed by atoms with Crippen LogP contribution in [-0.4, -0.2) is 41.1 Å². The van der Waals surface area contributed by atoms with E-state index in [9.17, 15) is 19.2 Å². The topological polar surface area (TPSA) is 90.0 Å². The van der Waals surface area contributed by atoms with Crippen LogP contribution in [0.4, 0.5) is 0 Å². The van der Waals surface area contributed by atoms with Crippen LogP contribution in [0.5, 0.6) is 0 Å². The summed E-state index contributed by atoms with van der Waals surface area (Å²) in [5, 5.41) is 0. The Morgan fingerprint density at radius 3 is 2.61 bits per heavy atom. The van der Waals surface area contributed by atoms with Crippen molar-refractivity contribution in [2.45, 2.75) is 82.5 Å². The zero-order valence-corrected chi connectivity index (χ0v) is 23.4. The monoisotopic (exact) mass is 496 g/mol. The summed E-state index contributed by atoms with van der Waals surface area (Å²) in [5.41, 5.74) is -0.579. The number of Topliss-reactive ketones (excluding diaryl/α,β-unsaturated/α-hetero) is 1. The van der Waals surface area contributed by atoms with Crippen LogP contribution in [0.25, 0.3) is 0 Å². The number of ketones is 2. The van der Waals surface area contributed by atoms with Crippen molar-refractivity contribution in [3.63, 3.8) is 0 Å². The minimum Gasteiger partial charge on any atom is -0.534 e. The van der Waals surface area contributed by atoms with Gasteiger partial charge in [0.1, 0.15) is 11.2 Å². The Hall–Kier alpha value is -0.0148. The third-order valence-electron chi connectivity index (χ3n) is 10.1. The molecule has 0 unspecified atom stereocenters. The van der Waals surface area contributed by atoms with E-state index < -0.39 is 22.9 Å². The van der Waals surface area contributed by atoms with Crippen molar-refractivity contribution in [1.29, 1.82) is 0 Å². The van der Waals surface area contributed by atoms with Gasteiger partial charge < -0.3 is 19.1 Å². The average molecular weight is 497 g/mol. The predicted octanol–water partition coefficient (Wildman–Crippen LogP) is -0.366. The van der Waals surface area contributed by atoms with E-state index in [2.05, 4.69) is 13.8 Å². The summed E-state index contributed by atoms with van der Waals surface area (Å²) in [5.74, 6) is -1.04. The summed E-state index contributed by atoms with van der Waals surface area (Å²) >= 11 is 0. The second-order valence-electron chi connectivity index (χ2n) is 10.9. The number of rotatable bonds is 2. The molecule has 0 radical (unpaired) electrons. The van der Waals surface area contributed by atoms with Crippen molar-refractivity contribution in [3.8, 4) is 0 Å². The summed E-state index contributed by atoms with van der Waals surface area (Å²) in [6.07, 6.45) is 8.59. The van der Waals surface area contributed by atoms with Crippen LogP contribution in [0, 0.1) is 28.6 Å². The van der Waals surface area contributed by atoms with Crippen LogP contribution in [0.2, 0.25) is 0 Å². The molecule has 2 saturated heterocycles. The first-order valence-corrected chi connectivity index (χ1v) is 11.3. The fraction of sp³-hybridized carbons (Fsp3) is 0.750. The van der Waals surface area contributed by atoms with Crippen molar-refractivity contribution in [3.05, 3.63) is 11.6 Å². The van der Waals surface area contributed by atoms with Gasteiger partial charge in [0.2, 0.25) is 0 Å². The van der Waals surface area contributed by atoms with Crippen molar-refractivity contribution in [1.82, 2.24) is 0 Å². The SMILES string of the molecule is C[C@]12CCC(=O)C=C1C[C@@H](C(=O)[C-]=O)[C@H]1[C@@H]3CC[C@@]4(CCC(=O)O4)[C@@]3(C)C[C@H]3O[C@@]132.[Rb+]. The maximum atomic E-state index is 12.8. The van der Waals surface area contributed by atoms with Gasteiger partial charge in [0.05, 0.1) is 6.10 Å². The summed E-state index contributed by atoms with van der Waals surface area (Å²) in [4.78, 5) is 48.6. The molecule has 3 saturated carbocycles. The second kappa shape index (κ2) is 7.00. The standard InChI is InChI=1S/C24H27O6.Rb/c1-21-6-3-14(26)9-13(21)10-15(17(27)12-25)20-16-4-7-23(8-5-19(28)30-23)22(16,2)11-18-24(20,21)29-18;/h9,15-16,18,20H,3-8,10-11H2,1-2H3;/q-1;+1/t15-,16-,18+,20-,21-,22-,23+,24+;/m0./s1. The van der Waals surface area contributed by atoms with E-state index in [-0.39, 0.29) is 98.7 Å². The smallest absolute Gasteiger partial charge is 0.534 e. The molecule has 2 aliphatic heterocycles. The number of esters is 1. The minimum atomic E-state index is -0.519. The van der Waals surface area contributed by atoms with Crippen LogP contribution in [0.3, 0.4) is 0 Å². The second-order valence-corrected chi connectivity index (χ2v) is 10.9. The number of epoxide rings is 1. The molecule has 6 nitrogen and oxygen atoms in total. The van der Waals surface area contributed by atoms with Crippen LogP contribution >= 0.6 is 0 Å². The van der Waals surface area contributed by atoms with Gasteiger partial charge >= 0.3 is 64.2 Å². The molecule has 0 aromatic heterocycles. The summed E-state index contributed by atoms with van der Waals surface area (Å²) in [6.45, 7) is 4.39. The molecule has 6 rings (SSSR count). The van der Waals surface area contributed by atoms with Gasteiger partial charge in [0.15, 0.2) is 5.78 Å². The van der Waals surface area contributed by atoms with Crippen LogP contribution in [-0.2, 0) is 28.7 Å². The first-order chi connectivity index (χ1) is 14.2. The third kappa shape index (κ3) is 2.60. The predicted molar refractivity (Wildman–Crippen MR) is 104 cm³/mol. The Morgan fingerprint density at radius 1 is 1.16 bits per heavy atom. The van der Waals surface area contributed by atoms with E-state index in [1.165, 1.54) is 0 Å². The van der Waals surface area contributed by atoms with Crippen LogP contribution in [0.15, 0.2) is 11.6 Å². The molecule has 160 valence electrons. The number of hydrogen-bond acceptors (Lipinski definition) is 6. The molecule has 0 N–H and O–H groups in total. The molecule has 5 fully saturated rings. The molecule has 2 spiro atoms. The molecule has 6 aliphatic rings.